The normalized spacial score (nSPS) is 23.9. The summed E-state index contributed by atoms with van der Waals surface area (Å²) in [5.74, 6) is 1.64. The van der Waals surface area contributed by atoms with Crippen molar-refractivity contribution in [3.8, 4) is 0 Å². The molecule has 0 spiro atoms. The lowest BCUT2D eigenvalue weighted by atomic mass is 10.00. The first kappa shape index (κ1) is 13.2. The minimum atomic E-state index is 0.508. The Labute approximate surface area is 119 Å². The van der Waals surface area contributed by atoms with Crippen LogP contribution in [0.1, 0.15) is 33.1 Å². The zero-order valence-corrected chi connectivity index (χ0v) is 12.3. The predicted molar refractivity (Wildman–Crippen MR) is 80.8 cm³/mol. The smallest absolute Gasteiger partial charge is 0.186 e. The fourth-order valence-corrected chi connectivity index (χ4v) is 2.89. The van der Waals surface area contributed by atoms with Gasteiger partial charge in [-0.3, -0.25) is 5.43 Å². The van der Waals surface area contributed by atoms with E-state index in [1.54, 1.807) is 6.20 Å². The third-order valence-corrected chi connectivity index (χ3v) is 4.06. The lowest BCUT2D eigenvalue weighted by Crippen LogP contribution is -2.47. The lowest BCUT2D eigenvalue weighted by molar-refractivity contribution is 0.135. The van der Waals surface area contributed by atoms with Gasteiger partial charge in [-0.2, -0.15) is 0 Å². The number of rotatable bonds is 3. The van der Waals surface area contributed by atoms with E-state index in [2.05, 4.69) is 39.6 Å². The number of aromatic nitrogens is 3. The molecule has 1 fully saturated rings. The van der Waals surface area contributed by atoms with Gasteiger partial charge in [0.2, 0.25) is 0 Å². The van der Waals surface area contributed by atoms with E-state index in [0.717, 1.165) is 17.3 Å². The summed E-state index contributed by atoms with van der Waals surface area (Å²) in [6, 6.07) is 1.02. The van der Waals surface area contributed by atoms with Gasteiger partial charge in [-0.15, -0.1) is 0 Å². The predicted octanol–water partition coefficient (Wildman–Crippen LogP) is 2.36. The molecule has 0 aliphatic carbocycles. The molecule has 2 aromatic rings. The Hall–Kier alpha value is -1.82. The van der Waals surface area contributed by atoms with Crippen molar-refractivity contribution in [2.75, 3.05) is 17.8 Å². The molecule has 108 valence electrons. The van der Waals surface area contributed by atoms with Crippen LogP contribution in [0.15, 0.2) is 18.6 Å². The van der Waals surface area contributed by atoms with Crippen molar-refractivity contribution >= 4 is 17.3 Å². The summed E-state index contributed by atoms with van der Waals surface area (Å²) in [6.07, 6.45) is 9.40. The van der Waals surface area contributed by atoms with Gasteiger partial charge < -0.3 is 9.72 Å². The topological polar surface area (TPSA) is 57.5 Å². The highest BCUT2D eigenvalue weighted by Crippen LogP contribution is 2.24. The first-order valence-electron chi connectivity index (χ1n) is 7.25. The second-order valence-electron chi connectivity index (χ2n) is 5.53. The maximum atomic E-state index is 4.61. The second-order valence-corrected chi connectivity index (χ2v) is 5.53. The monoisotopic (exact) mass is 274 g/mol. The average molecular weight is 274 g/mol. The molecule has 1 aliphatic heterocycles. The van der Waals surface area contributed by atoms with Crippen molar-refractivity contribution < 1.29 is 0 Å². The molecular formula is C14H22N6. The van der Waals surface area contributed by atoms with Crippen LogP contribution in [0.4, 0.5) is 11.6 Å². The lowest BCUT2D eigenvalue weighted by Gasteiger charge is -2.39. The van der Waals surface area contributed by atoms with E-state index in [9.17, 15) is 0 Å². The highest BCUT2D eigenvalue weighted by Gasteiger charge is 2.25. The number of fused-ring (bicyclic) bond motifs is 1. The van der Waals surface area contributed by atoms with Gasteiger partial charge >= 0.3 is 0 Å². The van der Waals surface area contributed by atoms with Crippen LogP contribution in [0.25, 0.3) is 5.65 Å². The number of nitrogens with zero attached hydrogens (tertiary/aromatic N) is 4. The molecule has 2 unspecified atom stereocenters. The number of nitrogens with one attached hydrogen (secondary N) is 2. The number of piperidine rings is 1. The van der Waals surface area contributed by atoms with Crippen LogP contribution in [0, 0.1) is 0 Å². The molecule has 6 nitrogen and oxygen atoms in total. The first-order valence-corrected chi connectivity index (χ1v) is 7.25. The van der Waals surface area contributed by atoms with Gasteiger partial charge in [-0.1, -0.05) is 6.42 Å². The zero-order valence-electron chi connectivity index (χ0n) is 12.3. The van der Waals surface area contributed by atoms with Crippen molar-refractivity contribution in [3.05, 3.63) is 18.6 Å². The number of anilines is 2. The van der Waals surface area contributed by atoms with Crippen LogP contribution in [-0.2, 0) is 0 Å². The van der Waals surface area contributed by atoms with Gasteiger partial charge in [0.1, 0.15) is 5.82 Å². The van der Waals surface area contributed by atoms with Crippen LogP contribution in [-0.4, -0.2) is 38.5 Å². The zero-order chi connectivity index (χ0) is 14.1. The summed E-state index contributed by atoms with van der Waals surface area (Å²) < 4.78 is 1.99. The maximum Gasteiger partial charge on any atom is 0.186 e. The quantitative estimate of drug-likeness (QED) is 0.900. The van der Waals surface area contributed by atoms with Gasteiger partial charge in [0.15, 0.2) is 11.5 Å². The SMILES string of the molecule is CNc1cn2ccnc2c(NN2C(C)CCCC2C)n1. The van der Waals surface area contributed by atoms with Crippen molar-refractivity contribution in [3.63, 3.8) is 0 Å². The van der Waals surface area contributed by atoms with Crippen LogP contribution in [0.2, 0.25) is 0 Å². The maximum absolute atomic E-state index is 4.61. The Bertz CT molecular complexity index is 582. The number of hydrazine groups is 1. The summed E-state index contributed by atoms with van der Waals surface area (Å²) in [6.45, 7) is 4.51. The van der Waals surface area contributed by atoms with Crippen LogP contribution >= 0.6 is 0 Å². The minimum Gasteiger partial charge on any atom is -0.372 e. The molecule has 2 atom stereocenters. The molecule has 0 radical (unpaired) electrons. The van der Waals surface area contributed by atoms with Crippen LogP contribution in [0.5, 0.6) is 0 Å². The molecule has 1 saturated heterocycles. The van der Waals surface area contributed by atoms with Crippen molar-refractivity contribution in [2.45, 2.75) is 45.2 Å². The molecule has 20 heavy (non-hydrogen) atoms. The number of hydrogen-bond donors (Lipinski definition) is 2. The van der Waals surface area contributed by atoms with Crippen LogP contribution < -0.4 is 10.7 Å². The molecule has 2 aromatic heterocycles. The summed E-state index contributed by atoms with van der Waals surface area (Å²) in [5.41, 5.74) is 4.34. The molecular weight excluding hydrogens is 252 g/mol. The highest BCUT2D eigenvalue weighted by atomic mass is 15.6. The van der Waals surface area contributed by atoms with Crippen molar-refractivity contribution in [1.82, 2.24) is 19.4 Å². The Balaban J connectivity index is 1.94. The second kappa shape index (κ2) is 5.28. The molecule has 6 heteroatoms. The molecule has 3 rings (SSSR count). The Morgan fingerprint density at radius 2 is 2.00 bits per heavy atom. The molecule has 0 bridgehead atoms. The summed E-state index contributed by atoms with van der Waals surface area (Å²) in [4.78, 5) is 9.00. The fraction of sp³-hybridized carbons (Fsp3) is 0.571. The summed E-state index contributed by atoms with van der Waals surface area (Å²) >= 11 is 0. The van der Waals surface area contributed by atoms with Gasteiger partial charge in [0.25, 0.3) is 0 Å². The Kier molecular flexibility index (Phi) is 3.48. The molecule has 2 N–H and O–H groups in total. The summed E-state index contributed by atoms with van der Waals surface area (Å²) in [7, 11) is 1.88. The minimum absolute atomic E-state index is 0.508. The number of hydrogen-bond acceptors (Lipinski definition) is 5. The fourth-order valence-electron chi connectivity index (χ4n) is 2.89. The van der Waals surface area contributed by atoms with Gasteiger partial charge in [0.05, 0.1) is 6.20 Å². The average Bonchev–Trinajstić information content (AvgIpc) is 2.91. The largest absolute Gasteiger partial charge is 0.372 e. The number of imidazole rings is 1. The van der Waals surface area contributed by atoms with E-state index in [1.165, 1.54) is 19.3 Å². The van der Waals surface area contributed by atoms with Gasteiger partial charge in [-0.05, 0) is 26.7 Å². The van der Waals surface area contributed by atoms with E-state index in [1.807, 2.05) is 23.8 Å². The van der Waals surface area contributed by atoms with Gasteiger partial charge in [0, 0.05) is 31.5 Å². The van der Waals surface area contributed by atoms with E-state index >= 15 is 0 Å². The Morgan fingerprint density at radius 3 is 2.70 bits per heavy atom. The van der Waals surface area contributed by atoms with Crippen molar-refractivity contribution in [2.24, 2.45) is 0 Å². The molecule has 1 aliphatic rings. The third-order valence-electron chi connectivity index (χ3n) is 4.06. The molecule has 0 saturated carbocycles. The highest BCUT2D eigenvalue weighted by molar-refractivity contribution is 5.64. The third kappa shape index (κ3) is 2.31. The van der Waals surface area contributed by atoms with Gasteiger partial charge in [-0.25, -0.2) is 15.0 Å². The van der Waals surface area contributed by atoms with E-state index in [4.69, 9.17) is 0 Å². The van der Waals surface area contributed by atoms with E-state index in [0.29, 0.717) is 12.1 Å². The molecule has 0 amide bonds. The first-order chi connectivity index (χ1) is 9.69. The van der Waals surface area contributed by atoms with E-state index in [-0.39, 0.29) is 0 Å². The van der Waals surface area contributed by atoms with Crippen molar-refractivity contribution in [1.29, 1.82) is 0 Å². The summed E-state index contributed by atoms with van der Waals surface area (Å²) in [5, 5.41) is 5.40. The standard InChI is InChI=1S/C14H22N6/c1-10-5-4-6-11(2)20(10)18-13-14-16-7-8-19(14)9-12(15-3)17-13/h7-11,15H,4-6H2,1-3H3,(H,17,18). The van der Waals surface area contributed by atoms with E-state index < -0.39 is 0 Å². The van der Waals surface area contributed by atoms with Crippen LogP contribution in [0.3, 0.4) is 0 Å². The molecule has 3 heterocycles. The molecule has 0 aromatic carbocycles. The Morgan fingerprint density at radius 1 is 1.25 bits per heavy atom.